The molecule has 0 aliphatic rings. The van der Waals surface area contributed by atoms with Crippen molar-refractivity contribution < 1.29 is 14.3 Å². The number of rotatable bonds is 5. The molecule has 0 spiro atoms. The Morgan fingerprint density at radius 2 is 1.71 bits per heavy atom. The van der Waals surface area contributed by atoms with Gasteiger partial charge in [-0.15, -0.1) is 0 Å². The fourth-order valence-electron chi connectivity index (χ4n) is 1.95. The fourth-order valence-corrected chi connectivity index (χ4v) is 2.25. The number of hydrogen-bond acceptors (Lipinski definition) is 3. The van der Waals surface area contributed by atoms with Crippen molar-refractivity contribution in [2.24, 2.45) is 0 Å². The summed E-state index contributed by atoms with van der Waals surface area (Å²) in [6, 6.07) is 12.1. The third-order valence-electron chi connectivity index (χ3n) is 3.24. The van der Waals surface area contributed by atoms with Crippen molar-refractivity contribution in [1.82, 2.24) is 5.32 Å². The molecule has 2 rings (SSSR count). The van der Waals surface area contributed by atoms with Crippen LogP contribution in [0.5, 0.6) is 5.75 Å². The van der Waals surface area contributed by atoms with Crippen molar-refractivity contribution in [2.75, 3.05) is 19.0 Å². The number of anilines is 1. The quantitative estimate of drug-likeness (QED) is 0.797. The molecule has 0 radical (unpaired) electrons. The van der Waals surface area contributed by atoms with Gasteiger partial charge < -0.3 is 15.4 Å². The highest BCUT2D eigenvalue weighted by Crippen LogP contribution is 2.24. The van der Waals surface area contributed by atoms with E-state index in [4.69, 9.17) is 27.9 Å². The summed E-state index contributed by atoms with van der Waals surface area (Å²) in [6.45, 7) is 0.347. The lowest BCUT2D eigenvalue weighted by Crippen LogP contribution is -2.36. The highest BCUT2D eigenvalue weighted by atomic mass is 35.5. The van der Waals surface area contributed by atoms with Crippen molar-refractivity contribution in [1.29, 1.82) is 0 Å². The molecule has 7 heteroatoms. The van der Waals surface area contributed by atoms with Crippen molar-refractivity contribution in [3.8, 4) is 5.75 Å². The largest absolute Gasteiger partial charge is 0.497 e. The Kier molecular flexibility index (Phi) is 6.46. The first-order valence-electron chi connectivity index (χ1n) is 7.17. The summed E-state index contributed by atoms with van der Waals surface area (Å²) in [5, 5.41) is 5.70. The van der Waals surface area contributed by atoms with Crippen LogP contribution in [-0.2, 0) is 16.0 Å². The Morgan fingerprint density at radius 3 is 2.33 bits per heavy atom. The molecule has 5 nitrogen and oxygen atoms in total. The molecule has 0 fully saturated rings. The number of ether oxygens (including phenoxy) is 1. The van der Waals surface area contributed by atoms with Crippen LogP contribution >= 0.6 is 23.2 Å². The number of nitrogens with one attached hydrogen (secondary N) is 2. The molecule has 0 aliphatic carbocycles. The van der Waals surface area contributed by atoms with Crippen molar-refractivity contribution in [3.05, 3.63) is 58.1 Å². The van der Waals surface area contributed by atoms with Gasteiger partial charge in [0.15, 0.2) is 0 Å². The van der Waals surface area contributed by atoms with E-state index >= 15 is 0 Å². The highest BCUT2D eigenvalue weighted by Gasteiger charge is 2.13. The van der Waals surface area contributed by atoms with Crippen LogP contribution in [0.25, 0.3) is 0 Å². The van der Waals surface area contributed by atoms with Gasteiger partial charge in [0, 0.05) is 12.2 Å². The second kappa shape index (κ2) is 8.57. The predicted molar refractivity (Wildman–Crippen MR) is 94.8 cm³/mol. The Bertz CT molecular complexity index is 733. The van der Waals surface area contributed by atoms with E-state index in [0.717, 1.165) is 11.3 Å². The minimum Gasteiger partial charge on any atom is -0.497 e. The second-order valence-corrected chi connectivity index (χ2v) is 5.75. The van der Waals surface area contributed by atoms with Gasteiger partial charge >= 0.3 is 11.8 Å². The highest BCUT2D eigenvalue weighted by molar-refractivity contribution is 6.42. The monoisotopic (exact) mass is 366 g/mol. The lowest BCUT2D eigenvalue weighted by Gasteiger charge is -2.08. The van der Waals surface area contributed by atoms with Gasteiger partial charge in [0.05, 0.1) is 17.2 Å². The van der Waals surface area contributed by atoms with Crippen molar-refractivity contribution >= 4 is 40.7 Å². The standard InChI is InChI=1S/C17H16Cl2N2O3/c1-24-13-5-2-11(3-6-13)8-9-20-16(22)17(23)21-12-4-7-14(18)15(19)10-12/h2-7,10H,8-9H2,1H3,(H,20,22)(H,21,23). The van der Waals surface area contributed by atoms with Gasteiger partial charge in [-0.05, 0) is 42.3 Å². The average Bonchev–Trinajstić information content (AvgIpc) is 2.58. The first-order chi connectivity index (χ1) is 11.5. The van der Waals surface area contributed by atoms with Gasteiger partial charge in [-0.3, -0.25) is 9.59 Å². The molecule has 24 heavy (non-hydrogen) atoms. The Hall–Kier alpha value is -2.24. The Morgan fingerprint density at radius 1 is 1.00 bits per heavy atom. The zero-order valence-electron chi connectivity index (χ0n) is 12.9. The molecule has 0 bridgehead atoms. The molecule has 0 aromatic heterocycles. The van der Waals surface area contributed by atoms with E-state index in [1.165, 1.54) is 6.07 Å². The van der Waals surface area contributed by atoms with Gasteiger partial charge in [0.2, 0.25) is 0 Å². The first kappa shape index (κ1) is 18.1. The zero-order chi connectivity index (χ0) is 17.5. The van der Waals surface area contributed by atoms with Crippen molar-refractivity contribution in [3.63, 3.8) is 0 Å². The number of carbonyl (C=O) groups excluding carboxylic acids is 2. The molecule has 126 valence electrons. The maximum atomic E-state index is 11.8. The molecular formula is C17H16Cl2N2O3. The summed E-state index contributed by atoms with van der Waals surface area (Å²) in [6.07, 6.45) is 0.607. The fraction of sp³-hybridized carbons (Fsp3) is 0.176. The van der Waals surface area contributed by atoms with E-state index in [1.807, 2.05) is 24.3 Å². The number of benzene rings is 2. The minimum atomic E-state index is -0.761. The molecule has 0 atom stereocenters. The molecule has 2 N–H and O–H groups in total. The summed E-state index contributed by atoms with van der Waals surface area (Å²) < 4.78 is 5.08. The van der Waals surface area contributed by atoms with Crippen LogP contribution in [0.2, 0.25) is 10.0 Å². The molecule has 2 amide bonds. The molecule has 0 heterocycles. The van der Waals surface area contributed by atoms with Crippen LogP contribution in [-0.4, -0.2) is 25.5 Å². The van der Waals surface area contributed by atoms with E-state index in [9.17, 15) is 9.59 Å². The van der Waals surface area contributed by atoms with Crippen LogP contribution in [0.15, 0.2) is 42.5 Å². The third kappa shape index (κ3) is 5.15. The van der Waals surface area contributed by atoms with Gasteiger partial charge in [-0.2, -0.15) is 0 Å². The SMILES string of the molecule is COc1ccc(CCNC(=O)C(=O)Nc2ccc(Cl)c(Cl)c2)cc1. The van der Waals surface area contributed by atoms with Crippen molar-refractivity contribution in [2.45, 2.75) is 6.42 Å². The van der Waals surface area contributed by atoms with Crippen LogP contribution in [0.3, 0.4) is 0 Å². The Balaban J connectivity index is 1.80. The molecule has 0 saturated carbocycles. The van der Waals surface area contributed by atoms with E-state index in [0.29, 0.717) is 28.7 Å². The summed E-state index contributed by atoms with van der Waals surface area (Å²) in [4.78, 5) is 23.6. The van der Waals surface area contributed by atoms with Gasteiger partial charge in [-0.25, -0.2) is 0 Å². The summed E-state index contributed by atoms with van der Waals surface area (Å²) >= 11 is 11.7. The van der Waals surface area contributed by atoms with Gasteiger partial charge in [0.25, 0.3) is 0 Å². The number of halogens is 2. The molecule has 0 aliphatic heterocycles. The topological polar surface area (TPSA) is 67.4 Å². The second-order valence-electron chi connectivity index (χ2n) is 4.94. The summed E-state index contributed by atoms with van der Waals surface area (Å²) in [5.74, 6) is -0.707. The molecule has 2 aromatic carbocycles. The van der Waals surface area contributed by atoms with Crippen LogP contribution < -0.4 is 15.4 Å². The minimum absolute atomic E-state index is 0.300. The van der Waals surface area contributed by atoms with E-state index in [1.54, 1.807) is 19.2 Å². The predicted octanol–water partition coefficient (Wildman–Crippen LogP) is 3.30. The van der Waals surface area contributed by atoms with Gasteiger partial charge in [-0.1, -0.05) is 35.3 Å². The molecular weight excluding hydrogens is 351 g/mol. The molecule has 0 unspecified atom stereocenters. The van der Waals surface area contributed by atoms with E-state index in [-0.39, 0.29) is 0 Å². The normalized spacial score (nSPS) is 10.1. The van der Waals surface area contributed by atoms with Gasteiger partial charge in [0.1, 0.15) is 5.75 Å². The van der Waals surface area contributed by atoms with E-state index in [2.05, 4.69) is 10.6 Å². The smallest absolute Gasteiger partial charge is 0.313 e. The number of methoxy groups -OCH3 is 1. The number of carbonyl (C=O) groups is 2. The molecule has 0 saturated heterocycles. The maximum Gasteiger partial charge on any atom is 0.313 e. The van der Waals surface area contributed by atoms with Crippen LogP contribution in [0, 0.1) is 0 Å². The average molecular weight is 367 g/mol. The van der Waals surface area contributed by atoms with Crippen LogP contribution in [0.4, 0.5) is 5.69 Å². The lowest BCUT2D eigenvalue weighted by atomic mass is 10.1. The van der Waals surface area contributed by atoms with Crippen LogP contribution in [0.1, 0.15) is 5.56 Å². The first-order valence-corrected chi connectivity index (χ1v) is 7.92. The number of hydrogen-bond donors (Lipinski definition) is 2. The lowest BCUT2D eigenvalue weighted by molar-refractivity contribution is -0.136. The zero-order valence-corrected chi connectivity index (χ0v) is 14.4. The molecule has 2 aromatic rings. The summed E-state index contributed by atoms with van der Waals surface area (Å²) in [7, 11) is 1.60. The third-order valence-corrected chi connectivity index (χ3v) is 3.98. The van der Waals surface area contributed by atoms with E-state index < -0.39 is 11.8 Å². The Labute approximate surface area is 149 Å². The number of amides is 2. The maximum absolute atomic E-state index is 11.8. The summed E-state index contributed by atoms with van der Waals surface area (Å²) in [5.41, 5.74) is 1.43.